The topological polar surface area (TPSA) is 91.7 Å². The first-order valence-corrected chi connectivity index (χ1v) is 7.65. The van der Waals surface area contributed by atoms with Gasteiger partial charge in [-0.15, -0.1) is 0 Å². The first-order valence-electron chi connectivity index (χ1n) is 7.65. The van der Waals surface area contributed by atoms with E-state index in [0.717, 1.165) is 0 Å². The number of halogens is 6. The van der Waals surface area contributed by atoms with Crippen LogP contribution < -0.4 is 15.2 Å². The highest BCUT2D eigenvalue weighted by atomic mass is 19.4. The van der Waals surface area contributed by atoms with Gasteiger partial charge in [0.25, 0.3) is 11.8 Å². The highest BCUT2D eigenvalue weighted by Crippen LogP contribution is 2.37. The van der Waals surface area contributed by atoms with E-state index in [1.165, 1.54) is 28.9 Å². The van der Waals surface area contributed by atoms with Gasteiger partial charge in [-0.05, 0) is 18.2 Å². The molecule has 0 radical (unpaired) electrons. The Kier molecular flexibility index (Phi) is 4.98. The second-order valence-corrected chi connectivity index (χ2v) is 5.65. The van der Waals surface area contributed by atoms with Gasteiger partial charge in [-0.2, -0.15) is 26.3 Å². The van der Waals surface area contributed by atoms with Gasteiger partial charge in [0, 0.05) is 12.4 Å². The van der Waals surface area contributed by atoms with E-state index in [4.69, 9.17) is 10.5 Å². The van der Waals surface area contributed by atoms with E-state index in [1.54, 1.807) is 0 Å². The molecule has 0 aliphatic carbocycles. The fourth-order valence-corrected chi connectivity index (χ4v) is 2.19. The van der Waals surface area contributed by atoms with Gasteiger partial charge in [-0.1, -0.05) is 0 Å². The highest BCUT2D eigenvalue weighted by molar-refractivity contribution is 5.91. The number of aromatic nitrogens is 3. The Morgan fingerprint density at radius 3 is 2.48 bits per heavy atom. The molecule has 0 fully saturated rings. The minimum Gasteiger partial charge on any atom is -0.478 e. The van der Waals surface area contributed by atoms with Crippen LogP contribution >= 0.6 is 0 Å². The second kappa shape index (κ2) is 7.14. The van der Waals surface area contributed by atoms with Crippen molar-refractivity contribution in [1.29, 1.82) is 0 Å². The average molecular weight is 420 g/mol. The van der Waals surface area contributed by atoms with Crippen molar-refractivity contribution in [3.8, 4) is 17.4 Å². The smallest absolute Gasteiger partial charge is 0.422 e. The van der Waals surface area contributed by atoms with Crippen LogP contribution in [0.25, 0.3) is 5.65 Å². The van der Waals surface area contributed by atoms with Crippen LogP contribution in [0.1, 0.15) is 16.1 Å². The molecular weight excluding hydrogens is 410 g/mol. The van der Waals surface area contributed by atoms with Gasteiger partial charge >= 0.3 is 12.4 Å². The van der Waals surface area contributed by atoms with Gasteiger partial charge in [0.05, 0.1) is 11.8 Å². The van der Waals surface area contributed by atoms with Gasteiger partial charge in [-0.25, -0.2) is 9.97 Å². The molecule has 3 aromatic rings. The molecule has 0 bridgehead atoms. The number of rotatable bonds is 5. The predicted molar refractivity (Wildman–Crippen MR) is 84.6 cm³/mol. The van der Waals surface area contributed by atoms with Crippen LogP contribution in [0.3, 0.4) is 0 Å². The molecule has 0 unspecified atom stereocenters. The molecule has 7 nitrogen and oxygen atoms in total. The van der Waals surface area contributed by atoms with Crippen LogP contribution in [0.15, 0.2) is 36.8 Å². The summed E-state index contributed by atoms with van der Waals surface area (Å²) in [4.78, 5) is 18.5. The number of nitrogens with zero attached hydrogens (tertiary/aromatic N) is 3. The molecule has 3 rings (SSSR count). The first kappa shape index (κ1) is 20.2. The number of carbonyl (C=O) groups is 1. The maximum Gasteiger partial charge on any atom is 0.422 e. The lowest BCUT2D eigenvalue weighted by Gasteiger charge is -2.15. The number of nitrogens with two attached hydrogens (primary N) is 1. The van der Waals surface area contributed by atoms with Gasteiger partial charge in [0.15, 0.2) is 12.4 Å². The summed E-state index contributed by atoms with van der Waals surface area (Å²) in [5, 5.41) is 0. The van der Waals surface area contributed by atoms with Gasteiger partial charge in [-0.3, -0.25) is 4.79 Å². The molecule has 3 heterocycles. The van der Waals surface area contributed by atoms with E-state index in [0.29, 0.717) is 17.9 Å². The summed E-state index contributed by atoms with van der Waals surface area (Å²) in [6.45, 7) is -1.84. The van der Waals surface area contributed by atoms with Crippen molar-refractivity contribution in [1.82, 2.24) is 14.4 Å². The molecule has 0 spiro atoms. The Bertz CT molecular complexity index is 1060. The van der Waals surface area contributed by atoms with Crippen LogP contribution in [0, 0.1) is 0 Å². The number of hydrogen-bond acceptors (Lipinski definition) is 5. The van der Waals surface area contributed by atoms with E-state index < -0.39 is 42.1 Å². The third-order valence-electron chi connectivity index (χ3n) is 3.43. The van der Waals surface area contributed by atoms with Gasteiger partial charge in [0.1, 0.15) is 17.1 Å². The summed E-state index contributed by atoms with van der Waals surface area (Å²) in [6.07, 6.45) is -6.68. The maximum absolute atomic E-state index is 12.8. The maximum atomic E-state index is 12.8. The van der Waals surface area contributed by atoms with Crippen molar-refractivity contribution in [2.24, 2.45) is 5.73 Å². The molecule has 0 atom stereocenters. The van der Waals surface area contributed by atoms with Crippen molar-refractivity contribution in [2.75, 3.05) is 6.61 Å². The number of amides is 1. The molecule has 0 aliphatic heterocycles. The largest absolute Gasteiger partial charge is 0.478 e. The molecule has 2 N–H and O–H groups in total. The van der Waals surface area contributed by atoms with E-state index >= 15 is 0 Å². The zero-order valence-electron chi connectivity index (χ0n) is 14.1. The summed E-state index contributed by atoms with van der Waals surface area (Å²) in [6, 6.07) is 3.07. The molecule has 1 amide bonds. The molecule has 0 aromatic carbocycles. The van der Waals surface area contributed by atoms with Crippen LogP contribution in [0.4, 0.5) is 26.3 Å². The monoisotopic (exact) mass is 420 g/mol. The van der Waals surface area contributed by atoms with Crippen LogP contribution in [-0.4, -0.2) is 33.1 Å². The van der Waals surface area contributed by atoms with Crippen molar-refractivity contribution in [3.05, 3.63) is 48.0 Å². The lowest BCUT2D eigenvalue weighted by atomic mass is 10.2. The summed E-state index contributed by atoms with van der Waals surface area (Å²) in [7, 11) is 0. The summed E-state index contributed by atoms with van der Waals surface area (Å²) >= 11 is 0. The fourth-order valence-electron chi connectivity index (χ4n) is 2.19. The molecule has 3 aromatic heterocycles. The van der Waals surface area contributed by atoms with Crippen molar-refractivity contribution in [2.45, 2.75) is 12.4 Å². The van der Waals surface area contributed by atoms with Crippen molar-refractivity contribution in [3.63, 3.8) is 0 Å². The number of primary amides is 1. The Morgan fingerprint density at radius 1 is 1.14 bits per heavy atom. The van der Waals surface area contributed by atoms with E-state index in [1.807, 2.05) is 0 Å². The van der Waals surface area contributed by atoms with E-state index in [2.05, 4.69) is 14.7 Å². The van der Waals surface area contributed by atoms with E-state index in [9.17, 15) is 31.1 Å². The third-order valence-corrected chi connectivity index (χ3v) is 3.43. The summed E-state index contributed by atoms with van der Waals surface area (Å²) in [5.41, 5.74) is 4.07. The zero-order chi connectivity index (χ0) is 21.4. The normalized spacial score (nSPS) is 12.2. The minimum atomic E-state index is -4.84. The molecule has 0 saturated carbocycles. The number of ether oxygens (including phenoxy) is 2. The SMILES string of the molecule is NC(=O)c1cn2cc(Oc3ncc(C(F)(F)F)cc3OCC(F)(F)F)ccc2n1. The zero-order valence-corrected chi connectivity index (χ0v) is 14.1. The van der Waals surface area contributed by atoms with Crippen LogP contribution in [0.2, 0.25) is 0 Å². The molecule has 154 valence electrons. The Balaban J connectivity index is 1.94. The fraction of sp³-hybridized carbons (Fsp3) is 0.188. The predicted octanol–water partition coefficient (Wildman–Crippen LogP) is 3.58. The van der Waals surface area contributed by atoms with Gasteiger partial charge < -0.3 is 19.6 Å². The van der Waals surface area contributed by atoms with Crippen molar-refractivity contribution < 1.29 is 40.6 Å². The standard InChI is InChI=1S/C16H10F6N4O3/c17-15(18,19)7-28-11-3-8(16(20,21)22)4-24-14(11)29-9-1-2-12-25-10(13(23)27)6-26(12)5-9/h1-6H,7H2,(H2,23,27). The second-order valence-electron chi connectivity index (χ2n) is 5.65. The van der Waals surface area contributed by atoms with Gasteiger partial charge in [0.2, 0.25) is 0 Å². The lowest BCUT2D eigenvalue weighted by molar-refractivity contribution is -0.153. The number of pyridine rings is 2. The van der Waals surface area contributed by atoms with Crippen LogP contribution in [0.5, 0.6) is 17.4 Å². The number of carbonyl (C=O) groups excluding carboxylic acids is 1. The minimum absolute atomic E-state index is 0.0185. The number of fused-ring (bicyclic) bond motifs is 1. The number of alkyl halides is 6. The van der Waals surface area contributed by atoms with Crippen molar-refractivity contribution >= 4 is 11.6 Å². The summed E-state index contributed by atoms with van der Waals surface area (Å²) < 4.78 is 86.8. The Hall–Kier alpha value is -3.51. The van der Waals surface area contributed by atoms with E-state index in [-0.39, 0.29) is 11.4 Å². The Morgan fingerprint density at radius 2 is 1.86 bits per heavy atom. The molecule has 0 saturated heterocycles. The first-order chi connectivity index (χ1) is 13.4. The number of hydrogen-bond donors (Lipinski definition) is 1. The molecule has 0 aliphatic rings. The third kappa shape index (κ3) is 4.86. The lowest BCUT2D eigenvalue weighted by Crippen LogP contribution is -2.20. The molecule has 13 heteroatoms. The average Bonchev–Trinajstić information content (AvgIpc) is 3.03. The number of imidazole rings is 1. The van der Waals surface area contributed by atoms with Crippen LogP contribution in [-0.2, 0) is 6.18 Å². The Labute approximate surface area is 157 Å². The quantitative estimate of drug-likeness (QED) is 0.637. The molecular formula is C16H10F6N4O3. The summed E-state index contributed by atoms with van der Waals surface area (Å²) in [5.74, 6) is -2.27. The highest BCUT2D eigenvalue weighted by Gasteiger charge is 2.34. The molecule has 29 heavy (non-hydrogen) atoms.